The summed E-state index contributed by atoms with van der Waals surface area (Å²) in [5.74, 6) is -1.21. The summed E-state index contributed by atoms with van der Waals surface area (Å²) in [7, 11) is 0. The van der Waals surface area contributed by atoms with Crippen LogP contribution in [0.5, 0.6) is 5.75 Å². The minimum atomic E-state index is -5.08. The van der Waals surface area contributed by atoms with Crippen molar-refractivity contribution in [2.75, 3.05) is 18.5 Å². The van der Waals surface area contributed by atoms with Crippen LogP contribution in [0.2, 0.25) is 0 Å². The molecule has 1 aromatic carbocycles. The minimum absolute atomic E-state index is 0.0932. The van der Waals surface area contributed by atoms with Gasteiger partial charge in [-0.2, -0.15) is 13.2 Å². The number of aromatic amines is 1. The minimum Gasteiger partial charge on any atom is -0.493 e. The molecule has 8 nitrogen and oxygen atoms in total. The van der Waals surface area contributed by atoms with Gasteiger partial charge in [0, 0.05) is 35.9 Å². The van der Waals surface area contributed by atoms with Crippen molar-refractivity contribution in [3.8, 4) is 5.75 Å². The lowest BCUT2D eigenvalue weighted by Crippen LogP contribution is -2.21. The van der Waals surface area contributed by atoms with E-state index in [-0.39, 0.29) is 12.3 Å². The maximum absolute atomic E-state index is 11.3. The van der Waals surface area contributed by atoms with Crippen LogP contribution in [-0.2, 0) is 9.59 Å². The molecule has 0 bridgehead atoms. The summed E-state index contributed by atoms with van der Waals surface area (Å²) in [6.45, 7) is 1.41. The number of nitrogens with one attached hydrogen (secondary N) is 2. The average Bonchev–Trinajstić information content (AvgIpc) is 3.57. The molecule has 188 valence electrons. The first-order valence-electron chi connectivity index (χ1n) is 11.1. The fourth-order valence-electron chi connectivity index (χ4n) is 3.69. The van der Waals surface area contributed by atoms with Crippen LogP contribution >= 0.6 is 0 Å². The Balaban J connectivity index is 0.000000429. The van der Waals surface area contributed by atoms with Crippen LogP contribution in [0.15, 0.2) is 48.8 Å². The van der Waals surface area contributed by atoms with Gasteiger partial charge in [-0.25, -0.2) is 9.78 Å². The van der Waals surface area contributed by atoms with Gasteiger partial charge in [-0.3, -0.25) is 4.79 Å². The molecule has 0 spiro atoms. The molecule has 1 aliphatic carbocycles. The Hall–Kier alpha value is -3.76. The molecule has 1 atom stereocenters. The van der Waals surface area contributed by atoms with Crippen molar-refractivity contribution < 1.29 is 37.7 Å². The number of halogens is 3. The van der Waals surface area contributed by atoms with Gasteiger partial charge >= 0.3 is 18.1 Å². The third-order valence-electron chi connectivity index (χ3n) is 5.47. The van der Waals surface area contributed by atoms with Crippen molar-refractivity contribution >= 4 is 28.7 Å². The highest BCUT2D eigenvalue weighted by Gasteiger charge is 2.38. The van der Waals surface area contributed by atoms with Crippen LogP contribution in [0.4, 0.5) is 19.0 Å². The molecule has 2 heterocycles. The number of anilines is 1. The Morgan fingerprint density at radius 2 is 1.94 bits per heavy atom. The summed E-state index contributed by atoms with van der Waals surface area (Å²) in [5.41, 5.74) is 2.11. The standard InChI is InChI=1S/C22H25N3O3.C2HF3O2/c26-22(27)13-18(15-5-6-15)19-14-25-20-12-16(7-8-17(19)20)28-11-3-10-24-21-4-1-2-9-23-21;3-2(4,5)1(6)7/h1-2,4,7-9,12,14-15,18,25H,3,5-6,10-11,13H2,(H,23,24)(H,26,27);(H,6,7). The first-order chi connectivity index (χ1) is 16.6. The van der Waals surface area contributed by atoms with E-state index in [2.05, 4.69) is 15.3 Å². The van der Waals surface area contributed by atoms with Gasteiger partial charge in [-0.15, -0.1) is 0 Å². The largest absolute Gasteiger partial charge is 0.493 e. The van der Waals surface area contributed by atoms with Crippen LogP contribution in [0.25, 0.3) is 10.9 Å². The third-order valence-corrected chi connectivity index (χ3v) is 5.47. The number of hydrogen-bond donors (Lipinski definition) is 4. The molecule has 0 saturated heterocycles. The summed E-state index contributed by atoms with van der Waals surface area (Å²) in [5, 5.41) is 20.7. The Morgan fingerprint density at radius 3 is 2.54 bits per heavy atom. The summed E-state index contributed by atoms with van der Waals surface area (Å²) in [4.78, 5) is 27.7. The Bertz CT molecular complexity index is 1130. The number of rotatable bonds is 10. The van der Waals surface area contributed by atoms with E-state index >= 15 is 0 Å². The van der Waals surface area contributed by atoms with Gasteiger partial charge in [0.05, 0.1) is 13.0 Å². The summed E-state index contributed by atoms with van der Waals surface area (Å²) >= 11 is 0. The number of carboxylic acids is 2. The smallest absolute Gasteiger partial charge is 0.490 e. The van der Waals surface area contributed by atoms with E-state index in [9.17, 15) is 23.1 Å². The number of aromatic nitrogens is 2. The zero-order valence-electron chi connectivity index (χ0n) is 18.7. The number of H-pyrrole nitrogens is 1. The lowest BCUT2D eigenvalue weighted by Gasteiger charge is -2.13. The Kier molecular flexibility index (Phi) is 8.56. The molecule has 35 heavy (non-hydrogen) atoms. The highest BCUT2D eigenvalue weighted by Crippen LogP contribution is 2.46. The molecule has 2 aromatic heterocycles. The molecule has 11 heteroatoms. The molecule has 3 aromatic rings. The first-order valence-corrected chi connectivity index (χ1v) is 11.1. The fourth-order valence-corrected chi connectivity index (χ4v) is 3.69. The Morgan fingerprint density at radius 1 is 1.20 bits per heavy atom. The third kappa shape index (κ3) is 7.90. The molecular formula is C24H26F3N3O5. The number of pyridine rings is 1. The zero-order chi connectivity index (χ0) is 25.4. The van der Waals surface area contributed by atoms with E-state index in [1.165, 1.54) is 0 Å². The summed E-state index contributed by atoms with van der Waals surface area (Å²) in [6.07, 6.45) is 1.96. The molecule has 4 rings (SSSR count). The fraction of sp³-hybridized carbons (Fsp3) is 0.375. The van der Waals surface area contributed by atoms with E-state index in [1.54, 1.807) is 6.20 Å². The van der Waals surface area contributed by atoms with Crippen molar-refractivity contribution in [3.63, 3.8) is 0 Å². The number of nitrogens with zero attached hydrogens (tertiary/aromatic N) is 1. The van der Waals surface area contributed by atoms with Crippen LogP contribution in [0, 0.1) is 5.92 Å². The molecule has 4 N–H and O–H groups in total. The first kappa shape index (κ1) is 25.9. The second kappa shape index (κ2) is 11.6. The predicted molar refractivity (Wildman–Crippen MR) is 123 cm³/mol. The van der Waals surface area contributed by atoms with Crippen LogP contribution in [0.1, 0.15) is 37.2 Å². The van der Waals surface area contributed by atoms with Gasteiger partial charge in [-0.1, -0.05) is 6.07 Å². The molecule has 1 fully saturated rings. The van der Waals surface area contributed by atoms with Gasteiger partial charge in [0.1, 0.15) is 11.6 Å². The van der Waals surface area contributed by atoms with Gasteiger partial charge in [0.15, 0.2) is 0 Å². The van der Waals surface area contributed by atoms with E-state index in [0.29, 0.717) is 12.5 Å². The molecule has 1 unspecified atom stereocenters. The van der Waals surface area contributed by atoms with Gasteiger partial charge in [0.25, 0.3) is 0 Å². The lowest BCUT2D eigenvalue weighted by molar-refractivity contribution is -0.192. The maximum atomic E-state index is 11.3. The number of benzene rings is 1. The number of hydrogen-bond acceptors (Lipinski definition) is 5. The number of carbonyl (C=O) groups is 2. The van der Waals surface area contributed by atoms with Crippen molar-refractivity contribution in [1.82, 2.24) is 9.97 Å². The van der Waals surface area contributed by atoms with Crippen LogP contribution < -0.4 is 10.1 Å². The van der Waals surface area contributed by atoms with Gasteiger partial charge in [-0.05, 0) is 60.9 Å². The van der Waals surface area contributed by atoms with Crippen molar-refractivity contribution in [3.05, 3.63) is 54.4 Å². The molecule has 0 aliphatic heterocycles. The number of alkyl halides is 3. The van der Waals surface area contributed by atoms with E-state index in [0.717, 1.165) is 53.8 Å². The summed E-state index contributed by atoms with van der Waals surface area (Å²) < 4.78 is 37.6. The van der Waals surface area contributed by atoms with Gasteiger partial charge in [0.2, 0.25) is 0 Å². The van der Waals surface area contributed by atoms with Crippen LogP contribution in [0.3, 0.4) is 0 Å². The molecule has 0 amide bonds. The van der Waals surface area contributed by atoms with Crippen molar-refractivity contribution in [2.24, 2.45) is 5.92 Å². The SMILES string of the molecule is O=C(O)C(F)(F)F.O=C(O)CC(c1c[nH]c2cc(OCCCNc3ccccn3)ccc12)C1CC1. The van der Waals surface area contributed by atoms with Crippen molar-refractivity contribution in [1.29, 1.82) is 0 Å². The van der Waals surface area contributed by atoms with E-state index in [1.807, 2.05) is 42.6 Å². The summed E-state index contributed by atoms with van der Waals surface area (Å²) in [6, 6.07) is 11.8. The molecule has 1 aliphatic rings. The second-order valence-corrected chi connectivity index (χ2v) is 8.14. The topological polar surface area (TPSA) is 125 Å². The van der Waals surface area contributed by atoms with Gasteiger partial charge < -0.3 is 25.3 Å². The zero-order valence-corrected chi connectivity index (χ0v) is 18.7. The monoisotopic (exact) mass is 493 g/mol. The molecule has 0 radical (unpaired) electrons. The lowest BCUT2D eigenvalue weighted by atomic mass is 9.91. The highest BCUT2D eigenvalue weighted by atomic mass is 19.4. The number of ether oxygens (including phenoxy) is 1. The quantitative estimate of drug-likeness (QED) is 0.292. The van der Waals surface area contributed by atoms with E-state index in [4.69, 9.17) is 14.6 Å². The number of fused-ring (bicyclic) bond motifs is 1. The number of aliphatic carboxylic acids is 2. The Labute approximate surface area is 199 Å². The highest BCUT2D eigenvalue weighted by molar-refractivity contribution is 5.85. The molecular weight excluding hydrogens is 467 g/mol. The normalized spacial score (nSPS) is 14.0. The van der Waals surface area contributed by atoms with Crippen LogP contribution in [-0.4, -0.2) is 51.4 Å². The average molecular weight is 493 g/mol. The second-order valence-electron chi connectivity index (χ2n) is 8.14. The van der Waals surface area contributed by atoms with Crippen molar-refractivity contribution in [2.45, 2.75) is 37.8 Å². The number of carboxylic acid groups (broad SMARTS) is 2. The predicted octanol–water partition coefficient (Wildman–Crippen LogP) is 5.05. The molecule has 1 saturated carbocycles. The maximum Gasteiger partial charge on any atom is 0.490 e. The van der Waals surface area contributed by atoms with E-state index < -0.39 is 18.1 Å².